The quantitative estimate of drug-likeness (QED) is 0.457. The SMILES string of the molecule is Cn1cc(/C=N/NC(N)=S)c(C(C)(C)C)n1. The minimum atomic E-state index is -0.0220. The Bertz CT molecular complexity index is 413. The zero-order valence-corrected chi connectivity index (χ0v) is 10.8. The van der Waals surface area contributed by atoms with Crippen molar-refractivity contribution in [2.45, 2.75) is 26.2 Å². The molecular weight excluding hydrogens is 222 g/mol. The van der Waals surface area contributed by atoms with Gasteiger partial charge in [0.05, 0.1) is 11.9 Å². The molecule has 5 nitrogen and oxygen atoms in total. The highest BCUT2D eigenvalue weighted by atomic mass is 32.1. The van der Waals surface area contributed by atoms with Gasteiger partial charge in [-0.25, -0.2) is 0 Å². The Labute approximate surface area is 101 Å². The summed E-state index contributed by atoms with van der Waals surface area (Å²) in [7, 11) is 1.88. The summed E-state index contributed by atoms with van der Waals surface area (Å²) in [6.07, 6.45) is 3.58. The van der Waals surface area contributed by atoms with Crippen LogP contribution in [-0.4, -0.2) is 21.1 Å². The maximum atomic E-state index is 5.27. The minimum Gasteiger partial charge on any atom is -0.375 e. The number of aromatic nitrogens is 2. The monoisotopic (exact) mass is 239 g/mol. The maximum Gasteiger partial charge on any atom is 0.184 e. The van der Waals surface area contributed by atoms with Gasteiger partial charge in [-0.15, -0.1) is 0 Å². The van der Waals surface area contributed by atoms with Gasteiger partial charge in [-0.1, -0.05) is 20.8 Å². The van der Waals surface area contributed by atoms with E-state index in [0.29, 0.717) is 0 Å². The molecule has 0 spiro atoms. The van der Waals surface area contributed by atoms with Crippen molar-refractivity contribution < 1.29 is 0 Å². The number of thiocarbonyl (C=S) groups is 1. The molecule has 88 valence electrons. The van der Waals surface area contributed by atoms with Crippen molar-refractivity contribution in [3.8, 4) is 0 Å². The van der Waals surface area contributed by atoms with Crippen molar-refractivity contribution in [2.75, 3.05) is 0 Å². The molecule has 0 aliphatic rings. The number of nitrogens with two attached hydrogens (primary N) is 1. The van der Waals surface area contributed by atoms with Crippen LogP contribution in [0.5, 0.6) is 0 Å². The standard InChI is InChI=1S/C10H17N5S/c1-10(2,3)8-7(6-15(4)14-8)5-12-13-9(11)16/h5-6H,1-4H3,(H3,11,13,16)/b12-5+. The predicted molar refractivity (Wildman–Crippen MR) is 69.4 cm³/mol. The molecule has 3 N–H and O–H groups in total. The third-order valence-electron chi connectivity index (χ3n) is 1.95. The average molecular weight is 239 g/mol. The van der Waals surface area contributed by atoms with E-state index >= 15 is 0 Å². The predicted octanol–water partition coefficient (Wildman–Crippen LogP) is 0.885. The average Bonchev–Trinajstić information content (AvgIpc) is 2.45. The number of nitrogens with zero attached hydrogens (tertiary/aromatic N) is 3. The van der Waals surface area contributed by atoms with E-state index in [1.54, 1.807) is 10.9 Å². The van der Waals surface area contributed by atoms with Gasteiger partial charge in [-0.3, -0.25) is 10.1 Å². The highest BCUT2D eigenvalue weighted by Gasteiger charge is 2.20. The molecule has 0 aliphatic heterocycles. The molecule has 0 aromatic carbocycles. The van der Waals surface area contributed by atoms with Crippen LogP contribution >= 0.6 is 12.2 Å². The first-order chi connectivity index (χ1) is 7.30. The van der Waals surface area contributed by atoms with Crippen LogP contribution in [0.4, 0.5) is 0 Å². The van der Waals surface area contributed by atoms with Crippen LogP contribution in [0.25, 0.3) is 0 Å². The van der Waals surface area contributed by atoms with Crippen molar-refractivity contribution in [1.29, 1.82) is 0 Å². The molecule has 0 unspecified atom stereocenters. The van der Waals surface area contributed by atoms with Crippen LogP contribution in [0.3, 0.4) is 0 Å². The molecule has 1 heterocycles. The van der Waals surface area contributed by atoms with E-state index in [1.165, 1.54) is 0 Å². The van der Waals surface area contributed by atoms with E-state index in [2.05, 4.69) is 48.6 Å². The van der Waals surface area contributed by atoms with E-state index in [0.717, 1.165) is 11.3 Å². The van der Waals surface area contributed by atoms with Crippen molar-refractivity contribution >= 4 is 23.5 Å². The van der Waals surface area contributed by atoms with Crippen molar-refractivity contribution in [1.82, 2.24) is 15.2 Å². The Balaban J connectivity index is 2.96. The molecule has 0 aliphatic carbocycles. The first kappa shape index (κ1) is 12.6. The Kier molecular flexibility index (Phi) is 3.64. The normalized spacial score (nSPS) is 12.0. The second-order valence-electron chi connectivity index (χ2n) is 4.59. The van der Waals surface area contributed by atoms with Crippen LogP contribution in [0.2, 0.25) is 0 Å². The van der Waals surface area contributed by atoms with E-state index < -0.39 is 0 Å². The van der Waals surface area contributed by atoms with E-state index in [1.807, 2.05) is 13.2 Å². The van der Waals surface area contributed by atoms with Crippen LogP contribution < -0.4 is 11.2 Å². The van der Waals surface area contributed by atoms with Gasteiger partial charge in [0.25, 0.3) is 0 Å². The number of rotatable bonds is 2. The molecular formula is C10H17N5S. The molecule has 1 rings (SSSR count). The smallest absolute Gasteiger partial charge is 0.184 e. The third kappa shape index (κ3) is 3.30. The number of hydrogen-bond donors (Lipinski definition) is 2. The molecule has 0 radical (unpaired) electrons. The second kappa shape index (κ2) is 4.61. The molecule has 1 aromatic rings. The Morgan fingerprint density at radius 3 is 2.75 bits per heavy atom. The van der Waals surface area contributed by atoms with Crippen molar-refractivity contribution in [3.63, 3.8) is 0 Å². The fourth-order valence-electron chi connectivity index (χ4n) is 1.35. The number of aryl methyl sites for hydroxylation is 1. The van der Waals surface area contributed by atoms with Gasteiger partial charge >= 0.3 is 0 Å². The summed E-state index contributed by atoms with van der Waals surface area (Å²) in [5.41, 5.74) is 9.72. The fourth-order valence-corrected chi connectivity index (χ4v) is 1.40. The van der Waals surface area contributed by atoms with E-state index in [4.69, 9.17) is 5.73 Å². The van der Waals surface area contributed by atoms with Crippen LogP contribution in [-0.2, 0) is 12.5 Å². The maximum absolute atomic E-state index is 5.27. The highest BCUT2D eigenvalue weighted by molar-refractivity contribution is 7.80. The molecule has 1 aromatic heterocycles. The van der Waals surface area contributed by atoms with Crippen molar-refractivity contribution in [3.05, 3.63) is 17.5 Å². The zero-order chi connectivity index (χ0) is 12.3. The van der Waals surface area contributed by atoms with Gasteiger partial charge in [-0.05, 0) is 12.2 Å². The second-order valence-corrected chi connectivity index (χ2v) is 5.03. The summed E-state index contributed by atoms with van der Waals surface area (Å²) in [5.74, 6) is 0. The summed E-state index contributed by atoms with van der Waals surface area (Å²) in [6, 6.07) is 0. The lowest BCUT2D eigenvalue weighted by Gasteiger charge is -2.15. The van der Waals surface area contributed by atoms with Gasteiger partial charge in [0.15, 0.2) is 5.11 Å². The van der Waals surface area contributed by atoms with Crippen LogP contribution in [0.15, 0.2) is 11.3 Å². The number of nitrogens with one attached hydrogen (secondary N) is 1. The van der Waals surface area contributed by atoms with Gasteiger partial charge in [0, 0.05) is 24.2 Å². The van der Waals surface area contributed by atoms with Gasteiger partial charge in [-0.2, -0.15) is 10.2 Å². The Hall–Kier alpha value is -1.43. The lowest BCUT2D eigenvalue weighted by Crippen LogP contribution is -2.24. The van der Waals surface area contributed by atoms with Crippen molar-refractivity contribution in [2.24, 2.45) is 17.9 Å². The molecule has 0 saturated heterocycles. The summed E-state index contributed by atoms with van der Waals surface area (Å²) in [6.45, 7) is 6.31. The first-order valence-electron chi connectivity index (χ1n) is 4.93. The van der Waals surface area contributed by atoms with E-state index in [9.17, 15) is 0 Å². The Morgan fingerprint density at radius 1 is 1.62 bits per heavy atom. The molecule has 0 saturated carbocycles. The van der Waals surface area contributed by atoms with Crippen LogP contribution in [0, 0.1) is 0 Å². The summed E-state index contributed by atoms with van der Waals surface area (Å²) >= 11 is 4.65. The summed E-state index contributed by atoms with van der Waals surface area (Å²) < 4.78 is 1.77. The zero-order valence-electron chi connectivity index (χ0n) is 9.98. The molecule has 16 heavy (non-hydrogen) atoms. The number of hydrogen-bond acceptors (Lipinski definition) is 3. The van der Waals surface area contributed by atoms with Gasteiger partial charge < -0.3 is 5.73 Å². The lowest BCUT2D eigenvalue weighted by molar-refractivity contribution is 0.552. The summed E-state index contributed by atoms with van der Waals surface area (Å²) in [5, 5.41) is 8.50. The molecule has 6 heteroatoms. The molecule has 0 fully saturated rings. The first-order valence-corrected chi connectivity index (χ1v) is 5.34. The third-order valence-corrected chi connectivity index (χ3v) is 2.04. The fraction of sp³-hybridized carbons (Fsp3) is 0.500. The minimum absolute atomic E-state index is 0.0220. The topological polar surface area (TPSA) is 68.2 Å². The summed E-state index contributed by atoms with van der Waals surface area (Å²) in [4.78, 5) is 0. The largest absolute Gasteiger partial charge is 0.375 e. The lowest BCUT2D eigenvalue weighted by atomic mass is 9.90. The van der Waals surface area contributed by atoms with Crippen LogP contribution in [0.1, 0.15) is 32.0 Å². The highest BCUT2D eigenvalue weighted by Crippen LogP contribution is 2.22. The van der Waals surface area contributed by atoms with Gasteiger partial charge in [0.1, 0.15) is 0 Å². The molecule has 0 bridgehead atoms. The Morgan fingerprint density at radius 2 is 2.25 bits per heavy atom. The molecule has 0 atom stereocenters. The van der Waals surface area contributed by atoms with Gasteiger partial charge in [0.2, 0.25) is 0 Å². The number of hydrazone groups is 1. The molecule has 0 amide bonds. The van der Waals surface area contributed by atoms with E-state index in [-0.39, 0.29) is 10.5 Å².